The summed E-state index contributed by atoms with van der Waals surface area (Å²) in [5.74, 6) is -0.317. The molecule has 16 heavy (non-hydrogen) atoms. The Morgan fingerprint density at radius 2 is 2.06 bits per heavy atom. The van der Waals surface area contributed by atoms with Crippen molar-refractivity contribution in [3.05, 3.63) is 47.4 Å². The Morgan fingerprint density at radius 1 is 1.25 bits per heavy atom. The van der Waals surface area contributed by atoms with Gasteiger partial charge in [-0.15, -0.1) is 0 Å². The Labute approximate surface area is 96.6 Å². The molecule has 0 amide bonds. The summed E-state index contributed by atoms with van der Waals surface area (Å²) in [5.41, 5.74) is 5.97. The fraction of sp³-hybridized carbons (Fsp3) is 0. The van der Waals surface area contributed by atoms with E-state index in [0.29, 0.717) is 5.69 Å². The van der Waals surface area contributed by atoms with E-state index >= 15 is 0 Å². The zero-order valence-corrected chi connectivity index (χ0v) is 8.91. The van der Waals surface area contributed by atoms with E-state index in [9.17, 15) is 4.39 Å². The number of halogens is 2. The van der Waals surface area contributed by atoms with Crippen molar-refractivity contribution in [2.45, 2.75) is 0 Å². The highest BCUT2D eigenvalue weighted by Gasteiger charge is 2.08. The van der Waals surface area contributed by atoms with E-state index in [2.05, 4.69) is 4.98 Å². The van der Waals surface area contributed by atoms with Gasteiger partial charge in [0.25, 0.3) is 0 Å². The highest BCUT2D eigenvalue weighted by Crippen LogP contribution is 2.27. The van der Waals surface area contributed by atoms with Crippen LogP contribution in [0.15, 0.2) is 36.5 Å². The average Bonchev–Trinajstić information content (AvgIpc) is 2.28. The number of pyridine rings is 1. The van der Waals surface area contributed by atoms with Crippen molar-refractivity contribution >= 4 is 17.3 Å². The number of anilines is 1. The van der Waals surface area contributed by atoms with E-state index in [-0.39, 0.29) is 16.7 Å². The first-order chi connectivity index (χ1) is 7.66. The zero-order valence-electron chi connectivity index (χ0n) is 8.15. The van der Waals surface area contributed by atoms with Gasteiger partial charge in [0.05, 0.1) is 16.9 Å². The van der Waals surface area contributed by atoms with Crippen LogP contribution < -0.4 is 10.5 Å². The van der Waals surface area contributed by atoms with Crippen LogP contribution in [0.2, 0.25) is 5.02 Å². The summed E-state index contributed by atoms with van der Waals surface area (Å²) in [6.45, 7) is 0. The van der Waals surface area contributed by atoms with Crippen LogP contribution in [-0.2, 0) is 0 Å². The molecule has 0 radical (unpaired) electrons. The van der Waals surface area contributed by atoms with Crippen molar-refractivity contribution in [3.8, 4) is 11.6 Å². The maximum atomic E-state index is 13.5. The molecular weight excluding hydrogens is 231 g/mol. The Kier molecular flexibility index (Phi) is 2.92. The van der Waals surface area contributed by atoms with Gasteiger partial charge in [-0.1, -0.05) is 17.7 Å². The summed E-state index contributed by atoms with van der Waals surface area (Å²) in [4.78, 5) is 3.89. The van der Waals surface area contributed by atoms with Gasteiger partial charge in [0, 0.05) is 6.07 Å². The van der Waals surface area contributed by atoms with Crippen molar-refractivity contribution in [2.75, 3.05) is 5.73 Å². The minimum atomic E-state index is -0.609. The number of aromatic nitrogens is 1. The molecule has 3 nitrogen and oxygen atoms in total. The van der Waals surface area contributed by atoms with Crippen molar-refractivity contribution in [3.63, 3.8) is 0 Å². The quantitative estimate of drug-likeness (QED) is 0.874. The van der Waals surface area contributed by atoms with Gasteiger partial charge in [-0.2, -0.15) is 0 Å². The molecule has 0 fully saturated rings. The molecule has 5 heteroatoms. The monoisotopic (exact) mass is 238 g/mol. The Hall–Kier alpha value is -1.81. The lowest BCUT2D eigenvalue weighted by atomic mass is 10.3. The molecule has 0 spiro atoms. The number of ether oxygens (including phenoxy) is 1. The average molecular weight is 239 g/mol. The smallest absolute Gasteiger partial charge is 0.219 e. The van der Waals surface area contributed by atoms with Crippen LogP contribution in [0, 0.1) is 5.82 Å². The van der Waals surface area contributed by atoms with Crippen LogP contribution in [0.3, 0.4) is 0 Å². The molecule has 1 aromatic heterocycles. The predicted octanol–water partition coefficient (Wildman–Crippen LogP) is 3.25. The second-order valence-electron chi connectivity index (χ2n) is 3.08. The minimum absolute atomic E-state index is 0.00736. The number of nitrogens with zero attached hydrogens (tertiary/aromatic N) is 1. The van der Waals surface area contributed by atoms with Gasteiger partial charge in [-0.25, -0.2) is 9.37 Å². The number of rotatable bonds is 2. The lowest BCUT2D eigenvalue weighted by molar-refractivity contribution is 0.428. The summed E-state index contributed by atoms with van der Waals surface area (Å²) in [6, 6.07) is 7.68. The van der Waals surface area contributed by atoms with Crippen molar-refractivity contribution in [1.82, 2.24) is 4.98 Å². The fourth-order valence-electron chi connectivity index (χ4n) is 1.13. The third-order valence-corrected chi connectivity index (χ3v) is 2.18. The molecule has 2 aromatic rings. The van der Waals surface area contributed by atoms with Gasteiger partial charge in [-0.3, -0.25) is 0 Å². The number of benzene rings is 1. The molecule has 2 rings (SSSR count). The van der Waals surface area contributed by atoms with Crippen LogP contribution >= 0.6 is 11.6 Å². The molecular formula is C11H8ClFN2O. The molecule has 0 aliphatic heterocycles. The van der Waals surface area contributed by atoms with Crippen molar-refractivity contribution in [2.24, 2.45) is 0 Å². The summed E-state index contributed by atoms with van der Waals surface area (Å²) in [7, 11) is 0. The molecule has 0 saturated heterocycles. The normalized spacial score (nSPS) is 10.1. The van der Waals surface area contributed by atoms with E-state index in [1.807, 2.05) is 0 Å². The van der Waals surface area contributed by atoms with Crippen molar-refractivity contribution < 1.29 is 9.13 Å². The molecule has 0 atom stereocenters. The molecule has 0 saturated carbocycles. The van der Waals surface area contributed by atoms with Gasteiger partial charge in [0.2, 0.25) is 5.88 Å². The predicted molar refractivity (Wildman–Crippen MR) is 60.1 cm³/mol. The maximum absolute atomic E-state index is 13.5. The van der Waals surface area contributed by atoms with Gasteiger partial charge >= 0.3 is 0 Å². The lowest BCUT2D eigenvalue weighted by Crippen LogP contribution is -1.92. The third-order valence-electron chi connectivity index (χ3n) is 1.89. The van der Waals surface area contributed by atoms with Crippen LogP contribution in [0.1, 0.15) is 0 Å². The molecule has 2 N–H and O–H groups in total. The number of hydrogen-bond donors (Lipinski definition) is 1. The highest BCUT2D eigenvalue weighted by atomic mass is 35.5. The second kappa shape index (κ2) is 4.37. The third kappa shape index (κ3) is 2.23. The topological polar surface area (TPSA) is 48.1 Å². The van der Waals surface area contributed by atoms with Gasteiger partial charge in [0.1, 0.15) is 0 Å². The first-order valence-electron chi connectivity index (χ1n) is 4.50. The second-order valence-corrected chi connectivity index (χ2v) is 3.49. The molecule has 0 bridgehead atoms. The van der Waals surface area contributed by atoms with Crippen LogP contribution in [-0.4, -0.2) is 4.98 Å². The van der Waals surface area contributed by atoms with E-state index in [1.54, 1.807) is 18.2 Å². The summed E-state index contributed by atoms with van der Waals surface area (Å²) >= 11 is 5.61. The summed E-state index contributed by atoms with van der Waals surface area (Å²) in [5, 5.41) is 0.00736. The van der Waals surface area contributed by atoms with Gasteiger partial charge < -0.3 is 10.5 Å². The number of hydrogen-bond acceptors (Lipinski definition) is 3. The standard InChI is InChI=1S/C11H8ClFN2O/c12-8-2-1-3-9(11(8)13)16-10-5-4-7(14)6-15-10/h1-6H,14H2. The van der Waals surface area contributed by atoms with E-state index < -0.39 is 5.82 Å². The Balaban J connectivity index is 2.27. The van der Waals surface area contributed by atoms with E-state index in [4.69, 9.17) is 22.1 Å². The van der Waals surface area contributed by atoms with Crippen LogP contribution in [0.5, 0.6) is 11.6 Å². The van der Waals surface area contributed by atoms with Crippen LogP contribution in [0.4, 0.5) is 10.1 Å². The van der Waals surface area contributed by atoms with E-state index in [1.165, 1.54) is 18.3 Å². The highest BCUT2D eigenvalue weighted by molar-refractivity contribution is 6.30. The zero-order chi connectivity index (χ0) is 11.5. The first-order valence-corrected chi connectivity index (χ1v) is 4.88. The maximum Gasteiger partial charge on any atom is 0.219 e. The first kappa shape index (κ1) is 10.7. The Morgan fingerprint density at radius 3 is 2.75 bits per heavy atom. The summed E-state index contributed by atoms with van der Waals surface area (Å²) in [6.07, 6.45) is 1.43. The van der Waals surface area contributed by atoms with Gasteiger partial charge in [0.15, 0.2) is 11.6 Å². The molecule has 0 aliphatic rings. The van der Waals surface area contributed by atoms with Crippen LogP contribution in [0.25, 0.3) is 0 Å². The SMILES string of the molecule is Nc1ccc(Oc2cccc(Cl)c2F)nc1. The lowest BCUT2D eigenvalue weighted by Gasteiger charge is -2.06. The fourth-order valence-corrected chi connectivity index (χ4v) is 1.29. The molecule has 82 valence electrons. The summed E-state index contributed by atoms with van der Waals surface area (Å²) < 4.78 is 18.7. The number of nitrogens with two attached hydrogens (primary N) is 1. The molecule has 1 aromatic carbocycles. The molecule has 0 aliphatic carbocycles. The van der Waals surface area contributed by atoms with Crippen molar-refractivity contribution in [1.29, 1.82) is 0 Å². The largest absolute Gasteiger partial charge is 0.436 e. The number of nitrogen functional groups attached to an aromatic ring is 1. The van der Waals surface area contributed by atoms with E-state index in [0.717, 1.165) is 0 Å². The van der Waals surface area contributed by atoms with Gasteiger partial charge in [-0.05, 0) is 18.2 Å². The molecule has 1 heterocycles. The molecule has 0 unspecified atom stereocenters. The minimum Gasteiger partial charge on any atom is -0.436 e. The Bertz CT molecular complexity index is 502.